The summed E-state index contributed by atoms with van der Waals surface area (Å²) in [7, 11) is 0. The van der Waals surface area contributed by atoms with Crippen molar-refractivity contribution in [2.45, 2.75) is 51.6 Å². The summed E-state index contributed by atoms with van der Waals surface area (Å²) in [5, 5.41) is 16.3. The van der Waals surface area contributed by atoms with Crippen molar-refractivity contribution in [3.05, 3.63) is 35.9 Å². The molecule has 4 nitrogen and oxygen atoms in total. The Hall–Kier alpha value is -1.10. The molecule has 5 heteroatoms. The van der Waals surface area contributed by atoms with Crippen molar-refractivity contribution in [2.24, 2.45) is 11.8 Å². The lowest BCUT2D eigenvalue weighted by molar-refractivity contribution is -0.122. The first-order valence-electron chi connectivity index (χ1n) is 9.26. The number of amides is 1. The first-order valence-corrected chi connectivity index (χ1v) is 9.26. The van der Waals surface area contributed by atoms with Crippen molar-refractivity contribution in [1.82, 2.24) is 10.6 Å². The molecule has 0 radical (unpaired) electrons. The average molecular weight is 369 g/mol. The largest absolute Gasteiger partial charge is 0.393 e. The van der Waals surface area contributed by atoms with Gasteiger partial charge in [-0.05, 0) is 56.7 Å². The summed E-state index contributed by atoms with van der Waals surface area (Å²) >= 11 is 0. The normalized spacial score (nSPS) is 20.8. The number of rotatable bonds is 8. The Morgan fingerprint density at radius 1 is 1.32 bits per heavy atom. The van der Waals surface area contributed by atoms with Crippen molar-refractivity contribution < 1.29 is 9.90 Å². The molecule has 1 amide bonds. The quantitative estimate of drug-likeness (QED) is 0.660. The van der Waals surface area contributed by atoms with E-state index < -0.39 is 0 Å². The van der Waals surface area contributed by atoms with Crippen LogP contribution in [-0.2, 0) is 4.79 Å². The number of carbonyl (C=O) groups is 1. The molecule has 4 unspecified atom stereocenters. The van der Waals surface area contributed by atoms with Gasteiger partial charge in [0.05, 0.1) is 6.10 Å². The van der Waals surface area contributed by atoms with Crippen LogP contribution in [0.1, 0.15) is 51.0 Å². The lowest BCUT2D eigenvalue weighted by Gasteiger charge is -2.28. The molecule has 1 heterocycles. The summed E-state index contributed by atoms with van der Waals surface area (Å²) in [6.45, 7) is 6.71. The predicted molar refractivity (Wildman–Crippen MR) is 105 cm³/mol. The molecule has 1 fully saturated rings. The van der Waals surface area contributed by atoms with Crippen LogP contribution in [-0.4, -0.2) is 36.8 Å². The van der Waals surface area contributed by atoms with Crippen molar-refractivity contribution in [2.75, 3.05) is 19.6 Å². The molecule has 1 aliphatic heterocycles. The number of aliphatic hydroxyl groups is 1. The Bertz CT molecular complexity index is 490. The van der Waals surface area contributed by atoms with E-state index in [9.17, 15) is 9.90 Å². The molecule has 0 spiro atoms. The van der Waals surface area contributed by atoms with Gasteiger partial charge in [0.1, 0.15) is 0 Å². The number of benzene rings is 1. The first kappa shape index (κ1) is 21.9. The molecule has 2 rings (SSSR count). The van der Waals surface area contributed by atoms with Crippen molar-refractivity contribution >= 4 is 18.3 Å². The minimum atomic E-state index is -0.376. The van der Waals surface area contributed by atoms with E-state index in [-0.39, 0.29) is 30.3 Å². The van der Waals surface area contributed by atoms with Gasteiger partial charge in [0.2, 0.25) is 5.91 Å². The maximum absolute atomic E-state index is 12.3. The molecule has 1 saturated heterocycles. The van der Waals surface area contributed by atoms with Crippen LogP contribution in [0, 0.1) is 11.8 Å². The topological polar surface area (TPSA) is 61.4 Å². The van der Waals surface area contributed by atoms with Crippen LogP contribution in [0.15, 0.2) is 30.3 Å². The number of hydrogen-bond donors (Lipinski definition) is 3. The monoisotopic (exact) mass is 368 g/mol. The minimum absolute atomic E-state index is 0. The third-order valence-corrected chi connectivity index (χ3v) is 5.09. The van der Waals surface area contributed by atoms with Gasteiger partial charge in [-0.1, -0.05) is 37.3 Å². The zero-order valence-corrected chi connectivity index (χ0v) is 16.2. The van der Waals surface area contributed by atoms with E-state index in [4.69, 9.17) is 0 Å². The second kappa shape index (κ2) is 11.5. The van der Waals surface area contributed by atoms with Gasteiger partial charge in [0.25, 0.3) is 0 Å². The Balaban J connectivity index is 0.00000312. The summed E-state index contributed by atoms with van der Waals surface area (Å²) in [5.74, 6) is 1.29. The fourth-order valence-corrected chi connectivity index (χ4v) is 3.61. The Morgan fingerprint density at radius 3 is 2.64 bits per heavy atom. The maximum Gasteiger partial charge on any atom is 0.220 e. The van der Waals surface area contributed by atoms with Crippen LogP contribution in [0.25, 0.3) is 0 Å². The molecule has 1 aromatic rings. The van der Waals surface area contributed by atoms with E-state index in [1.54, 1.807) is 6.92 Å². The Morgan fingerprint density at radius 2 is 2.04 bits per heavy atom. The van der Waals surface area contributed by atoms with E-state index in [0.717, 1.165) is 13.1 Å². The van der Waals surface area contributed by atoms with Gasteiger partial charge in [0, 0.05) is 18.9 Å². The zero-order chi connectivity index (χ0) is 17.4. The Labute approximate surface area is 158 Å². The van der Waals surface area contributed by atoms with Gasteiger partial charge in [-0.2, -0.15) is 0 Å². The van der Waals surface area contributed by atoms with Gasteiger partial charge < -0.3 is 15.7 Å². The smallest absolute Gasteiger partial charge is 0.220 e. The van der Waals surface area contributed by atoms with E-state index >= 15 is 0 Å². The highest BCUT2D eigenvalue weighted by Gasteiger charge is 2.22. The first-order chi connectivity index (χ1) is 11.6. The molecule has 4 atom stereocenters. The fraction of sp³-hybridized carbons (Fsp3) is 0.650. The van der Waals surface area contributed by atoms with Crippen LogP contribution in [0.3, 0.4) is 0 Å². The molecule has 0 aromatic heterocycles. The molecular formula is C20H33ClN2O2. The van der Waals surface area contributed by atoms with Gasteiger partial charge in [-0.25, -0.2) is 0 Å². The SMILES string of the molecule is CC(O)CC(CNC(=O)CC(C)C1CCCNC1)c1ccccc1.Cl. The van der Waals surface area contributed by atoms with Gasteiger partial charge in [-0.15, -0.1) is 12.4 Å². The van der Waals surface area contributed by atoms with Crippen molar-refractivity contribution in [3.8, 4) is 0 Å². The molecule has 3 N–H and O–H groups in total. The third-order valence-electron chi connectivity index (χ3n) is 5.09. The van der Waals surface area contributed by atoms with E-state index in [1.807, 2.05) is 18.2 Å². The van der Waals surface area contributed by atoms with Crippen LogP contribution in [0.2, 0.25) is 0 Å². The second-order valence-corrected chi connectivity index (χ2v) is 7.28. The zero-order valence-electron chi connectivity index (χ0n) is 15.4. The van der Waals surface area contributed by atoms with E-state index in [2.05, 4.69) is 29.7 Å². The molecule has 1 aliphatic rings. The number of halogens is 1. The standard InChI is InChI=1S/C20H32N2O2.ClH/c1-15(18-9-6-10-21-13-18)11-20(24)22-14-19(12-16(2)23)17-7-4-3-5-8-17;/h3-5,7-8,15-16,18-19,21,23H,6,9-14H2,1-2H3,(H,22,24);1H. The highest BCUT2D eigenvalue weighted by Crippen LogP contribution is 2.23. The van der Waals surface area contributed by atoms with Crippen LogP contribution in [0.5, 0.6) is 0 Å². The van der Waals surface area contributed by atoms with Gasteiger partial charge >= 0.3 is 0 Å². The Kier molecular flexibility index (Phi) is 10.1. The lowest BCUT2D eigenvalue weighted by atomic mass is 9.85. The molecule has 25 heavy (non-hydrogen) atoms. The van der Waals surface area contributed by atoms with Gasteiger partial charge in [-0.3, -0.25) is 4.79 Å². The van der Waals surface area contributed by atoms with Crippen LogP contribution in [0.4, 0.5) is 0 Å². The minimum Gasteiger partial charge on any atom is -0.393 e. The molecule has 0 saturated carbocycles. The molecular weight excluding hydrogens is 336 g/mol. The number of piperidine rings is 1. The second-order valence-electron chi connectivity index (χ2n) is 7.28. The highest BCUT2D eigenvalue weighted by atomic mass is 35.5. The third kappa shape index (κ3) is 7.76. The van der Waals surface area contributed by atoms with Crippen molar-refractivity contribution in [1.29, 1.82) is 0 Å². The number of hydrogen-bond acceptors (Lipinski definition) is 3. The summed E-state index contributed by atoms with van der Waals surface area (Å²) in [6.07, 6.45) is 3.30. The summed E-state index contributed by atoms with van der Waals surface area (Å²) < 4.78 is 0. The molecule has 0 aliphatic carbocycles. The highest BCUT2D eigenvalue weighted by molar-refractivity contribution is 5.85. The van der Waals surface area contributed by atoms with E-state index in [0.29, 0.717) is 31.2 Å². The molecule has 142 valence electrons. The average Bonchev–Trinajstić information content (AvgIpc) is 2.59. The van der Waals surface area contributed by atoms with Gasteiger partial charge in [0.15, 0.2) is 0 Å². The van der Waals surface area contributed by atoms with E-state index in [1.165, 1.54) is 18.4 Å². The maximum atomic E-state index is 12.3. The number of nitrogens with one attached hydrogen (secondary N) is 2. The number of aliphatic hydroxyl groups excluding tert-OH is 1. The summed E-state index contributed by atoms with van der Waals surface area (Å²) in [5.41, 5.74) is 1.17. The van der Waals surface area contributed by atoms with Crippen LogP contribution < -0.4 is 10.6 Å². The summed E-state index contributed by atoms with van der Waals surface area (Å²) in [6, 6.07) is 10.1. The fourth-order valence-electron chi connectivity index (χ4n) is 3.61. The summed E-state index contributed by atoms with van der Waals surface area (Å²) in [4.78, 5) is 12.3. The number of carbonyl (C=O) groups excluding carboxylic acids is 1. The van der Waals surface area contributed by atoms with Crippen molar-refractivity contribution in [3.63, 3.8) is 0 Å². The van der Waals surface area contributed by atoms with Crippen LogP contribution >= 0.6 is 12.4 Å². The molecule has 0 bridgehead atoms. The predicted octanol–water partition coefficient (Wildman–Crippen LogP) is 3.10. The lowest BCUT2D eigenvalue weighted by Crippen LogP contribution is -2.36. The molecule has 1 aromatic carbocycles.